The van der Waals surface area contributed by atoms with Gasteiger partial charge in [0.2, 0.25) is 41.2 Å². The van der Waals surface area contributed by atoms with E-state index in [-0.39, 0.29) is 73.7 Å². The van der Waals surface area contributed by atoms with Gasteiger partial charge in [0.1, 0.15) is 11.9 Å². The van der Waals surface area contributed by atoms with E-state index in [9.17, 15) is 29.7 Å². The number of aromatic nitrogens is 18. The zero-order valence-electron chi connectivity index (χ0n) is 56.9. The number of benzene rings is 3. The van der Waals surface area contributed by atoms with Gasteiger partial charge in [-0.05, 0) is 129 Å². The molecule has 0 radical (unpaired) electrons. The molecule has 0 bridgehead atoms. The molecule has 3 amide bonds. The van der Waals surface area contributed by atoms with Gasteiger partial charge < -0.3 is 60.7 Å². The SMILES string of the molecule is Nc1nc2c(cnn2C2(C(=O)NCC3(O)COC3)CCCc3ccccc32)c2nc(-c3ccco3)nn12.Nc1nc2c(cnn2[C@H](C(=O)NC2CCC(O)CC2)c2ccccc2)c2nc(-c3ccco3)nn12.O=C(NC1CCC(O)CC1)[C@@H](c1ccccc1)n1ncc2c1ncn1nc(-c3ccco3)nc21. The molecule has 1 aliphatic heterocycles. The largest absolute Gasteiger partial charge is 0.461 e. The Kier molecular flexibility index (Phi) is 17.3. The number of rotatable bonds is 15. The molecule has 10 N–H and O–H groups in total. The number of anilines is 2. The number of aryl methyl sites for hydroxylation is 1. The van der Waals surface area contributed by atoms with E-state index in [0.717, 1.165) is 60.8 Å². The summed E-state index contributed by atoms with van der Waals surface area (Å²) in [6.07, 6.45) is 18.4. The number of hydrogen-bond donors (Lipinski definition) is 8. The van der Waals surface area contributed by atoms with Crippen molar-refractivity contribution in [1.82, 2.24) is 104 Å². The molecule has 106 heavy (non-hydrogen) atoms. The van der Waals surface area contributed by atoms with E-state index in [0.29, 0.717) is 117 Å². The molecule has 2 saturated carbocycles. The number of nitrogens with two attached hydrogens (primary N) is 2. The first-order chi connectivity index (χ1) is 51.7. The number of aliphatic hydroxyl groups is 3. The van der Waals surface area contributed by atoms with Crippen molar-refractivity contribution in [2.45, 2.75) is 118 Å². The number of furan rings is 3. The Morgan fingerprint density at radius 3 is 1.55 bits per heavy atom. The van der Waals surface area contributed by atoms with Gasteiger partial charge >= 0.3 is 0 Å². The van der Waals surface area contributed by atoms with Gasteiger partial charge in [0.05, 0.1) is 85.5 Å². The third-order valence-corrected chi connectivity index (χ3v) is 20.0. The van der Waals surface area contributed by atoms with Crippen LogP contribution in [0.4, 0.5) is 11.9 Å². The minimum absolute atomic E-state index is 0.00368. The van der Waals surface area contributed by atoms with Crippen molar-refractivity contribution in [3.05, 3.63) is 187 Å². The fraction of sp³-hybridized carbons (Fsp3) is 0.301. The van der Waals surface area contributed by atoms with E-state index in [4.69, 9.17) is 34.6 Å². The van der Waals surface area contributed by atoms with Gasteiger partial charge in [-0.1, -0.05) is 84.9 Å². The second-order valence-corrected chi connectivity index (χ2v) is 27.0. The van der Waals surface area contributed by atoms with E-state index in [2.05, 4.69) is 71.3 Å². The molecular weight excluding hydrogens is 1360 g/mol. The van der Waals surface area contributed by atoms with Gasteiger partial charge in [-0.25, -0.2) is 38.5 Å². The van der Waals surface area contributed by atoms with E-state index in [1.807, 2.05) is 84.9 Å². The van der Waals surface area contributed by atoms with Crippen LogP contribution >= 0.6 is 0 Å². The molecule has 33 nitrogen and oxygen atoms in total. The molecule has 3 aliphatic carbocycles. The van der Waals surface area contributed by atoms with Gasteiger partial charge in [0.25, 0.3) is 5.91 Å². The lowest BCUT2D eigenvalue weighted by atomic mass is 9.75. The third kappa shape index (κ3) is 12.3. The van der Waals surface area contributed by atoms with Crippen molar-refractivity contribution in [3.63, 3.8) is 0 Å². The summed E-state index contributed by atoms with van der Waals surface area (Å²) in [7, 11) is 0. The monoisotopic (exact) mass is 1430 g/mol. The topological polar surface area (TPSA) is 431 Å². The maximum Gasteiger partial charge on any atom is 0.252 e. The second-order valence-electron chi connectivity index (χ2n) is 27.0. The predicted molar refractivity (Wildman–Crippen MR) is 381 cm³/mol. The minimum Gasteiger partial charge on any atom is -0.461 e. The molecule has 15 aromatic rings. The van der Waals surface area contributed by atoms with Crippen LogP contribution in [0.3, 0.4) is 0 Å². The molecule has 1 saturated heterocycles. The van der Waals surface area contributed by atoms with E-state index >= 15 is 0 Å². The van der Waals surface area contributed by atoms with Crippen molar-refractivity contribution in [2.75, 3.05) is 31.2 Å². The summed E-state index contributed by atoms with van der Waals surface area (Å²) in [6, 6.07) is 36.0. The Morgan fingerprint density at radius 1 is 0.538 bits per heavy atom. The van der Waals surface area contributed by atoms with Crippen LogP contribution in [0.25, 0.3) is 84.8 Å². The lowest BCUT2D eigenvalue weighted by Gasteiger charge is -2.40. The summed E-state index contributed by atoms with van der Waals surface area (Å²) in [5.41, 5.74) is 16.7. The quantitative estimate of drug-likeness (QED) is 0.0554. The average molecular weight is 1430 g/mol. The lowest BCUT2D eigenvalue weighted by Crippen LogP contribution is -2.60. The number of ether oxygens (including phenoxy) is 1. The number of carbonyl (C=O) groups excluding carboxylic acids is 3. The van der Waals surface area contributed by atoms with Crippen LogP contribution in [-0.2, 0) is 31.1 Å². The van der Waals surface area contributed by atoms with Gasteiger partial charge in [-0.15, -0.1) is 15.3 Å². The van der Waals surface area contributed by atoms with Gasteiger partial charge in [0, 0.05) is 12.1 Å². The van der Waals surface area contributed by atoms with Crippen molar-refractivity contribution in [3.8, 4) is 34.8 Å². The molecular formula is C73H71N23O10. The van der Waals surface area contributed by atoms with Crippen LogP contribution < -0.4 is 27.4 Å². The Morgan fingerprint density at radius 2 is 1.02 bits per heavy atom. The van der Waals surface area contributed by atoms with Crippen molar-refractivity contribution in [2.24, 2.45) is 0 Å². The lowest BCUT2D eigenvalue weighted by molar-refractivity contribution is -0.176. The molecule has 13 heterocycles. The number of nitrogen functional groups attached to an aromatic ring is 2. The second kappa shape index (κ2) is 27.6. The van der Waals surface area contributed by atoms with Crippen molar-refractivity contribution >= 4 is 79.7 Å². The first-order valence-corrected chi connectivity index (χ1v) is 35.0. The highest BCUT2D eigenvalue weighted by molar-refractivity contribution is 5.96. The molecule has 0 spiro atoms. The molecule has 3 fully saturated rings. The van der Waals surface area contributed by atoms with E-state index < -0.39 is 23.2 Å². The average Bonchev–Trinajstić information content (AvgIpc) is 1.40. The smallest absolute Gasteiger partial charge is 0.252 e. The molecule has 1 unspecified atom stereocenters. The van der Waals surface area contributed by atoms with Crippen LogP contribution in [0.15, 0.2) is 178 Å². The number of nitrogens with zero attached hydrogens (tertiary/aromatic N) is 18. The Bertz CT molecular complexity index is 5670. The zero-order valence-corrected chi connectivity index (χ0v) is 56.9. The highest BCUT2D eigenvalue weighted by Crippen LogP contribution is 2.42. The molecule has 4 aliphatic rings. The molecule has 3 aromatic carbocycles. The fourth-order valence-corrected chi connectivity index (χ4v) is 14.6. The summed E-state index contributed by atoms with van der Waals surface area (Å²) in [5, 5.41) is 68.5. The van der Waals surface area contributed by atoms with Crippen LogP contribution in [0, 0.1) is 0 Å². The van der Waals surface area contributed by atoms with Crippen LogP contribution in [-0.4, -0.2) is 171 Å². The maximum atomic E-state index is 14.1. The summed E-state index contributed by atoms with van der Waals surface area (Å²) < 4.78 is 30.8. The number of amides is 3. The molecule has 3 atom stereocenters. The number of aliphatic hydroxyl groups excluding tert-OH is 2. The molecule has 19 rings (SSSR count). The van der Waals surface area contributed by atoms with Crippen molar-refractivity contribution < 1.29 is 47.7 Å². The van der Waals surface area contributed by atoms with E-state index in [1.165, 1.54) is 9.03 Å². The highest BCUT2D eigenvalue weighted by atomic mass is 16.5. The van der Waals surface area contributed by atoms with Crippen LogP contribution in [0.2, 0.25) is 0 Å². The fourth-order valence-electron chi connectivity index (χ4n) is 14.6. The van der Waals surface area contributed by atoms with E-state index in [1.54, 1.807) is 98.7 Å². The predicted octanol–water partition coefficient (Wildman–Crippen LogP) is 6.34. The molecule has 12 aromatic heterocycles. The Labute approximate surface area is 600 Å². The highest BCUT2D eigenvalue weighted by Gasteiger charge is 2.49. The maximum absolute atomic E-state index is 14.1. The van der Waals surface area contributed by atoms with Gasteiger partial charge in [0.15, 0.2) is 68.8 Å². The number of fused-ring (bicyclic) bond motifs is 10. The number of carbonyl (C=O) groups is 3. The summed E-state index contributed by atoms with van der Waals surface area (Å²) >= 11 is 0. The standard InChI is InChI=1S/C25H24N8O4.C24H24N8O3.C24H23N7O3/c26-23-30-21-16(20-29-19(31-32(20)23)18-8-4-10-37-18)11-28-33(21)25(22(34)27-12-24(35)13-36-14-24)9-3-6-15-5-1-2-7-17(15)25;25-24-29-22-17(21-28-20(30-32(21)24)18-7-4-12-35-18)13-26-31(22)19(14-5-2-1-3-6-14)23(34)27-15-8-10-16(33)11-9-15;32-17-10-8-16(9-11-17)27-24(33)20(15-5-2-1-3-6-15)31-22-18(13-26-31)23-28-21(19-7-4-12-34-19)29-30(23)14-25-22/h1-2,4-5,7-8,10-11,35H,3,6,9,12-14H2,(H2,26,30)(H,27,34);1-7,12-13,15-16,19,33H,8-11H2,(H2,25,29)(H,27,34);1-7,12-14,16-17,20,32H,8-11H2,(H,27,33)/t;15?,16?,19-;16?,17?,20-/m.01/s1. The normalized spacial score (nSPS) is 19.8. The summed E-state index contributed by atoms with van der Waals surface area (Å²) in [5.74, 6) is 2.35. The number of nitrogens with one attached hydrogen (secondary N) is 3. The van der Waals surface area contributed by atoms with Crippen LogP contribution in [0.1, 0.15) is 98.5 Å². The number of hydrogen-bond acceptors (Lipinski definition) is 24. The zero-order chi connectivity index (χ0) is 72.2. The minimum atomic E-state index is -1.20. The first kappa shape index (κ1) is 66.6. The van der Waals surface area contributed by atoms with Gasteiger partial charge in [-0.3, -0.25) is 14.4 Å². The Balaban J connectivity index is 0.000000117. The Hall–Kier alpha value is -12.6. The summed E-state index contributed by atoms with van der Waals surface area (Å²) in [4.78, 5) is 68.8. The molecule has 33 heteroatoms. The van der Waals surface area contributed by atoms with Crippen LogP contribution in [0.5, 0.6) is 0 Å². The first-order valence-electron chi connectivity index (χ1n) is 35.0. The summed E-state index contributed by atoms with van der Waals surface area (Å²) in [6.45, 7) is 0.441. The third-order valence-electron chi connectivity index (χ3n) is 20.0. The van der Waals surface area contributed by atoms with Gasteiger partial charge in [-0.2, -0.15) is 34.3 Å². The molecule has 538 valence electrons. The van der Waals surface area contributed by atoms with Crippen molar-refractivity contribution in [1.29, 1.82) is 0 Å².